The van der Waals surface area contributed by atoms with Crippen LogP contribution >= 0.6 is 0 Å². The number of carbonyl (C=O) groups is 2. The first-order valence-corrected chi connectivity index (χ1v) is 7.66. The summed E-state index contributed by atoms with van der Waals surface area (Å²) in [4.78, 5) is 24.9. The lowest BCUT2D eigenvalue weighted by Crippen LogP contribution is -2.63. The third-order valence-electron chi connectivity index (χ3n) is 4.24. The second-order valence-electron chi connectivity index (χ2n) is 6.11. The van der Waals surface area contributed by atoms with Gasteiger partial charge in [-0.05, 0) is 32.1 Å². The summed E-state index contributed by atoms with van der Waals surface area (Å²) in [6.07, 6.45) is 4.36. The first kappa shape index (κ1) is 15.1. The van der Waals surface area contributed by atoms with Gasteiger partial charge in [0.05, 0.1) is 13.2 Å². The lowest BCUT2D eigenvalue weighted by atomic mass is 9.57. The summed E-state index contributed by atoms with van der Waals surface area (Å²) in [7, 11) is 0. The lowest BCUT2D eigenvalue weighted by molar-refractivity contribution is -0.149. The van der Waals surface area contributed by atoms with E-state index in [-0.39, 0.29) is 17.5 Å². The Kier molecular flexibility index (Phi) is 4.89. The molecule has 0 aromatic rings. The van der Waals surface area contributed by atoms with Crippen LogP contribution in [0.4, 0.5) is 4.79 Å². The number of amides is 1. The van der Waals surface area contributed by atoms with Gasteiger partial charge in [0.2, 0.25) is 0 Å². The van der Waals surface area contributed by atoms with E-state index in [1.807, 2.05) is 6.92 Å². The molecule has 114 valence electrons. The average molecular weight is 283 g/mol. The van der Waals surface area contributed by atoms with Gasteiger partial charge in [0.25, 0.3) is 0 Å². The van der Waals surface area contributed by atoms with Crippen LogP contribution in [0, 0.1) is 11.3 Å². The predicted octanol–water partition coefficient (Wildman–Crippen LogP) is 2.59. The zero-order valence-electron chi connectivity index (χ0n) is 12.5. The van der Waals surface area contributed by atoms with Crippen LogP contribution < -0.4 is 0 Å². The van der Waals surface area contributed by atoms with E-state index in [1.165, 1.54) is 0 Å². The zero-order valence-corrected chi connectivity index (χ0v) is 12.5. The van der Waals surface area contributed by atoms with Crippen LogP contribution in [0.1, 0.15) is 46.0 Å². The SMILES string of the molecule is CCCCOC(=O)N1CC2(CC(CC(=O)OCC)C2)C1. The van der Waals surface area contributed by atoms with Gasteiger partial charge >= 0.3 is 12.1 Å². The largest absolute Gasteiger partial charge is 0.466 e. The van der Waals surface area contributed by atoms with Crippen molar-refractivity contribution in [3.63, 3.8) is 0 Å². The summed E-state index contributed by atoms with van der Waals surface area (Å²) in [6.45, 7) is 6.45. The monoisotopic (exact) mass is 283 g/mol. The Labute approximate surface area is 120 Å². The van der Waals surface area contributed by atoms with Crippen molar-refractivity contribution < 1.29 is 19.1 Å². The molecule has 1 amide bonds. The maximum atomic E-state index is 11.7. The highest BCUT2D eigenvalue weighted by Gasteiger charge is 2.54. The van der Waals surface area contributed by atoms with Gasteiger partial charge in [-0.2, -0.15) is 0 Å². The van der Waals surface area contributed by atoms with Crippen LogP contribution in [-0.4, -0.2) is 43.3 Å². The summed E-state index contributed by atoms with van der Waals surface area (Å²) >= 11 is 0. The molecule has 5 heteroatoms. The maximum absolute atomic E-state index is 11.7. The summed E-state index contributed by atoms with van der Waals surface area (Å²) in [5, 5.41) is 0. The minimum absolute atomic E-state index is 0.0949. The van der Waals surface area contributed by atoms with Crippen LogP contribution in [-0.2, 0) is 14.3 Å². The van der Waals surface area contributed by atoms with Gasteiger partial charge in [-0.1, -0.05) is 13.3 Å². The predicted molar refractivity (Wildman–Crippen MR) is 74.2 cm³/mol. The van der Waals surface area contributed by atoms with E-state index in [4.69, 9.17) is 9.47 Å². The fourth-order valence-electron chi connectivity index (χ4n) is 3.31. The van der Waals surface area contributed by atoms with Crippen molar-refractivity contribution in [2.24, 2.45) is 11.3 Å². The van der Waals surface area contributed by atoms with Crippen molar-refractivity contribution in [1.29, 1.82) is 0 Å². The Morgan fingerprint density at radius 2 is 1.90 bits per heavy atom. The first-order chi connectivity index (χ1) is 9.58. The van der Waals surface area contributed by atoms with Crippen molar-refractivity contribution in [2.75, 3.05) is 26.3 Å². The van der Waals surface area contributed by atoms with E-state index in [2.05, 4.69) is 6.92 Å². The maximum Gasteiger partial charge on any atom is 0.409 e. The molecule has 0 N–H and O–H groups in total. The van der Waals surface area contributed by atoms with Gasteiger partial charge in [0, 0.05) is 24.9 Å². The summed E-state index contributed by atoms with van der Waals surface area (Å²) in [5.74, 6) is 0.342. The van der Waals surface area contributed by atoms with Crippen molar-refractivity contribution in [1.82, 2.24) is 4.90 Å². The van der Waals surface area contributed by atoms with Crippen LogP contribution in [0.2, 0.25) is 0 Å². The molecule has 0 aromatic carbocycles. The van der Waals surface area contributed by atoms with Gasteiger partial charge in [-0.3, -0.25) is 4.79 Å². The second-order valence-corrected chi connectivity index (χ2v) is 6.11. The number of nitrogens with zero attached hydrogens (tertiary/aromatic N) is 1. The Morgan fingerprint density at radius 3 is 2.50 bits per heavy atom. The first-order valence-electron chi connectivity index (χ1n) is 7.66. The molecule has 0 atom stereocenters. The number of likely N-dealkylation sites (tertiary alicyclic amines) is 1. The molecule has 1 saturated heterocycles. The average Bonchev–Trinajstić information content (AvgIpc) is 2.31. The third kappa shape index (κ3) is 3.44. The Bertz CT molecular complexity index is 355. The van der Waals surface area contributed by atoms with E-state index < -0.39 is 0 Å². The van der Waals surface area contributed by atoms with Gasteiger partial charge in [-0.25, -0.2) is 4.79 Å². The molecule has 0 aromatic heterocycles. The number of esters is 1. The molecule has 0 unspecified atom stereocenters. The molecule has 1 aliphatic carbocycles. The van der Waals surface area contributed by atoms with Gasteiger partial charge < -0.3 is 14.4 Å². The smallest absolute Gasteiger partial charge is 0.409 e. The van der Waals surface area contributed by atoms with Crippen LogP contribution in [0.15, 0.2) is 0 Å². The van der Waals surface area contributed by atoms with Crippen molar-refractivity contribution in [3.05, 3.63) is 0 Å². The molecular weight excluding hydrogens is 258 g/mol. The number of ether oxygens (including phenoxy) is 2. The summed E-state index contributed by atoms with van der Waals surface area (Å²) in [5.41, 5.74) is 0.265. The highest BCUT2D eigenvalue weighted by atomic mass is 16.6. The fourth-order valence-corrected chi connectivity index (χ4v) is 3.31. The molecule has 1 heterocycles. The number of unbranched alkanes of at least 4 members (excludes halogenated alkanes) is 1. The van der Waals surface area contributed by atoms with Crippen LogP contribution in [0.25, 0.3) is 0 Å². The Hall–Kier alpha value is -1.26. The fraction of sp³-hybridized carbons (Fsp3) is 0.867. The standard InChI is InChI=1S/C15H25NO4/c1-3-5-6-20-14(18)16-10-15(11-16)8-12(9-15)7-13(17)19-4-2/h12H,3-11H2,1-2H3. The highest BCUT2D eigenvalue weighted by Crippen LogP contribution is 2.53. The van der Waals surface area contributed by atoms with Crippen molar-refractivity contribution >= 4 is 12.1 Å². The summed E-state index contributed by atoms with van der Waals surface area (Å²) in [6, 6.07) is 0. The molecule has 5 nitrogen and oxygen atoms in total. The minimum Gasteiger partial charge on any atom is -0.466 e. The highest BCUT2D eigenvalue weighted by molar-refractivity contribution is 5.70. The molecule has 2 aliphatic rings. The normalized spacial score (nSPS) is 20.2. The molecule has 2 rings (SSSR count). The minimum atomic E-state index is -0.182. The molecule has 1 spiro atoms. The second kappa shape index (κ2) is 6.46. The van der Waals surface area contributed by atoms with Crippen LogP contribution in [0.3, 0.4) is 0 Å². The van der Waals surface area contributed by atoms with Crippen molar-refractivity contribution in [2.45, 2.75) is 46.0 Å². The molecule has 1 aliphatic heterocycles. The molecule has 0 bridgehead atoms. The van der Waals surface area contributed by atoms with Crippen LogP contribution in [0.5, 0.6) is 0 Å². The quantitative estimate of drug-likeness (QED) is 0.555. The van der Waals surface area contributed by atoms with E-state index >= 15 is 0 Å². The zero-order chi connectivity index (χ0) is 14.6. The molecule has 2 fully saturated rings. The van der Waals surface area contributed by atoms with Gasteiger partial charge in [0.15, 0.2) is 0 Å². The third-order valence-corrected chi connectivity index (χ3v) is 4.24. The molecule has 0 radical (unpaired) electrons. The number of rotatable bonds is 6. The number of hydrogen-bond acceptors (Lipinski definition) is 4. The van der Waals surface area contributed by atoms with Crippen molar-refractivity contribution in [3.8, 4) is 0 Å². The van der Waals surface area contributed by atoms with Gasteiger partial charge in [-0.15, -0.1) is 0 Å². The van der Waals surface area contributed by atoms with Gasteiger partial charge in [0.1, 0.15) is 0 Å². The topological polar surface area (TPSA) is 55.8 Å². The molecule has 1 saturated carbocycles. The number of carbonyl (C=O) groups excluding carboxylic acids is 2. The van der Waals surface area contributed by atoms with E-state index in [9.17, 15) is 9.59 Å². The lowest BCUT2D eigenvalue weighted by Gasteiger charge is -2.58. The van der Waals surface area contributed by atoms with E-state index in [1.54, 1.807) is 4.90 Å². The Balaban J connectivity index is 1.60. The van der Waals surface area contributed by atoms with E-state index in [0.29, 0.717) is 25.6 Å². The Morgan fingerprint density at radius 1 is 1.20 bits per heavy atom. The molecule has 20 heavy (non-hydrogen) atoms. The number of hydrogen-bond donors (Lipinski definition) is 0. The summed E-state index contributed by atoms with van der Waals surface area (Å²) < 4.78 is 10.1. The van der Waals surface area contributed by atoms with E-state index in [0.717, 1.165) is 38.8 Å². The molecular formula is C15H25NO4.